The zero-order chi connectivity index (χ0) is 13.2. The molecule has 0 aliphatic carbocycles. The van der Waals surface area contributed by atoms with E-state index in [9.17, 15) is 13.2 Å². The van der Waals surface area contributed by atoms with Gasteiger partial charge >= 0.3 is 5.97 Å². The minimum atomic E-state index is -3.38. The molecule has 1 aliphatic rings. The first-order valence-corrected chi connectivity index (χ1v) is 7.00. The van der Waals surface area contributed by atoms with Crippen LogP contribution in [0.5, 0.6) is 0 Å². The van der Waals surface area contributed by atoms with Gasteiger partial charge in [-0.15, -0.1) is 0 Å². The molecule has 2 rings (SSSR count). The van der Waals surface area contributed by atoms with Crippen LogP contribution in [-0.2, 0) is 16.8 Å². The fourth-order valence-corrected chi connectivity index (χ4v) is 2.83. The lowest BCUT2D eigenvalue weighted by Gasteiger charge is -2.29. The molecule has 0 saturated carbocycles. The summed E-state index contributed by atoms with van der Waals surface area (Å²) < 4.78 is 27.2. The molecule has 98 valence electrons. The van der Waals surface area contributed by atoms with E-state index in [-0.39, 0.29) is 12.1 Å². The molecule has 7 heteroatoms. The molecular weight excluding hydrogens is 256 g/mol. The van der Waals surface area contributed by atoms with Crippen molar-refractivity contribution in [1.82, 2.24) is 9.03 Å². The van der Waals surface area contributed by atoms with Gasteiger partial charge in [-0.05, 0) is 24.1 Å². The lowest BCUT2D eigenvalue weighted by Crippen LogP contribution is -2.47. The quantitative estimate of drug-likeness (QED) is 0.812. The maximum atomic E-state index is 11.7. The van der Waals surface area contributed by atoms with Crippen molar-refractivity contribution in [3.8, 4) is 0 Å². The largest absolute Gasteiger partial charge is 0.478 e. The van der Waals surface area contributed by atoms with Crippen LogP contribution >= 0.6 is 0 Å². The van der Waals surface area contributed by atoms with Crippen LogP contribution in [0, 0.1) is 0 Å². The summed E-state index contributed by atoms with van der Waals surface area (Å²) in [6, 6.07) is 6.11. The molecule has 2 N–H and O–H groups in total. The molecule has 0 atom stereocenters. The molecule has 1 saturated heterocycles. The van der Waals surface area contributed by atoms with Crippen molar-refractivity contribution in [2.75, 3.05) is 13.1 Å². The van der Waals surface area contributed by atoms with E-state index < -0.39 is 16.2 Å². The summed E-state index contributed by atoms with van der Waals surface area (Å²) in [5.41, 5.74) is 0.911. The normalized spacial score (nSPS) is 16.2. The second kappa shape index (κ2) is 5.05. The van der Waals surface area contributed by atoms with Gasteiger partial charge in [0, 0.05) is 19.6 Å². The first kappa shape index (κ1) is 13.0. The van der Waals surface area contributed by atoms with Gasteiger partial charge in [-0.25, -0.2) is 4.79 Å². The SMILES string of the molecule is O=C(O)c1ccc(CNS(=O)(=O)N2CCC2)cc1. The smallest absolute Gasteiger partial charge is 0.335 e. The van der Waals surface area contributed by atoms with Gasteiger partial charge in [-0.3, -0.25) is 0 Å². The Bertz CT molecular complexity index is 535. The standard InChI is InChI=1S/C11H14N2O4S/c14-11(15)10-4-2-9(3-5-10)8-12-18(16,17)13-6-1-7-13/h2-5,12H,1,6-8H2,(H,14,15). The minimum Gasteiger partial charge on any atom is -0.478 e. The predicted molar refractivity (Wildman–Crippen MR) is 65.4 cm³/mol. The highest BCUT2D eigenvalue weighted by atomic mass is 32.2. The van der Waals surface area contributed by atoms with Gasteiger partial charge in [0.1, 0.15) is 0 Å². The molecule has 0 aromatic heterocycles. The summed E-state index contributed by atoms with van der Waals surface area (Å²) in [5.74, 6) is -0.997. The molecule has 1 aliphatic heterocycles. The Morgan fingerprint density at radius 3 is 2.33 bits per heavy atom. The number of hydrogen-bond donors (Lipinski definition) is 2. The number of benzene rings is 1. The van der Waals surface area contributed by atoms with Gasteiger partial charge in [0.25, 0.3) is 10.2 Å². The third-order valence-electron chi connectivity index (χ3n) is 2.81. The highest BCUT2D eigenvalue weighted by Gasteiger charge is 2.26. The fourth-order valence-electron chi connectivity index (χ4n) is 1.56. The fraction of sp³-hybridized carbons (Fsp3) is 0.364. The Morgan fingerprint density at radius 1 is 1.28 bits per heavy atom. The van der Waals surface area contributed by atoms with E-state index in [0.29, 0.717) is 13.1 Å². The minimum absolute atomic E-state index is 0.165. The molecule has 0 bridgehead atoms. The Kier molecular flexibility index (Phi) is 3.65. The highest BCUT2D eigenvalue weighted by Crippen LogP contribution is 2.11. The van der Waals surface area contributed by atoms with Crippen molar-refractivity contribution in [2.24, 2.45) is 0 Å². The molecule has 6 nitrogen and oxygen atoms in total. The van der Waals surface area contributed by atoms with Gasteiger partial charge in [-0.2, -0.15) is 17.4 Å². The van der Waals surface area contributed by atoms with E-state index in [1.165, 1.54) is 16.4 Å². The third kappa shape index (κ3) is 2.87. The molecular formula is C11H14N2O4S. The number of carbonyl (C=O) groups is 1. The number of rotatable bonds is 5. The first-order valence-electron chi connectivity index (χ1n) is 5.56. The summed E-state index contributed by atoms with van der Waals surface area (Å²) in [4.78, 5) is 10.6. The lowest BCUT2D eigenvalue weighted by atomic mass is 10.1. The third-order valence-corrected chi connectivity index (χ3v) is 4.37. The summed E-state index contributed by atoms with van der Waals surface area (Å²) in [6.07, 6.45) is 0.897. The Balaban J connectivity index is 1.95. The van der Waals surface area contributed by atoms with E-state index in [1.54, 1.807) is 12.1 Å². The van der Waals surface area contributed by atoms with Crippen molar-refractivity contribution in [2.45, 2.75) is 13.0 Å². The second-order valence-corrected chi connectivity index (χ2v) is 5.84. The topological polar surface area (TPSA) is 86.7 Å². The van der Waals surface area contributed by atoms with E-state index in [1.807, 2.05) is 0 Å². The zero-order valence-electron chi connectivity index (χ0n) is 9.67. The second-order valence-electron chi connectivity index (χ2n) is 4.08. The maximum absolute atomic E-state index is 11.7. The Morgan fingerprint density at radius 2 is 1.89 bits per heavy atom. The van der Waals surface area contributed by atoms with Crippen LogP contribution < -0.4 is 4.72 Å². The molecule has 0 spiro atoms. The summed E-state index contributed by atoms with van der Waals surface area (Å²) in [5, 5.41) is 8.73. The molecule has 0 amide bonds. The van der Waals surface area contributed by atoms with Crippen molar-refractivity contribution in [3.63, 3.8) is 0 Å². The average molecular weight is 270 g/mol. The monoisotopic (exact) mass is 270 g/mol. The van der Waals surface area contributed by atoms with Gasteiger partial charge in [0.2, 0.25) is 0 Å². The molecule has 1 aromatic rings. The number of nitrogens with zero attached hydrogens (tertiary/aromatic N) is 1. The van der Waals surface area contributed by atoms with E-state index in [4.69, 9.17) is 5.11 Å². The number of carboxylic acids is 1. The molecule has 1 aromatic carbocycles. The molecule has 1 fully saturated rings. The molecule has 18 heavy (non-hydrogen) atoms. The number of nitrogens with one attached hydrogen (secondary N) is 1. The van der Waals surface area contributed by atoms with Gasteiger partial charge in [-0.1, -0.05) is 12.1 Å². The van der Waals surface area contributed by atoms with Crippen LogP contribution in [0.2, 0.25) is 0 Å². The lowest BCUT2D eigenvalue weighted by molar-refractivity contribution is 0.0697. The van der Waals surface area contributed by atoms with E-state index >= 15 is 0 Å². The predicted octanol–water partition coefficient (Wildman–Crippen LogP) is 0.425. The van der Waals surface area contributed by atoms with Crippen LogP contribution in [0.4, 0.5) is 0 Å². The van der Waals surface area contributed by atoms with E-state index in [2.05, 4.69) is 4.72 Å². The summed E-state index contributed by atoms with van der Waals surface area (Å²) >= 11 is 0. The van der Waals surface area contributed by atoms with Crippen LogP contribution in [0.1, 0.15) is 22.3 Å². The number of hydrogen-bond acceptors (Lipinski definition) is 3. The Labute approximate surface area is 105 Å². The van der Waals surface area contributed by atoms with Gasteiger partial charge in [0.05, 0.1) is 5.56 Å². The highest BCUT2D eigenvalue weighted by molar-refractivity contribution is 7.87. The van der Waals surface area contributed by atoms with Crippen molar-refractivity contribution in [1.29, 1.82) is 0 Å². The number of carboxylic acid groups (broad SMARTS) is 1. The van der Waals surface area contributed by atoms with Crippen LogP contribution in [-0.4, -0.2) is 36.9 Å². The van der Waals surface area contributed by atoms with Crippen LogP contribution in [0.15, 0.2) is 24.3 Å². The zero-order valence-corrected chi connectivity index (χ0v) is 10.5. The van der Waals surface area contributed by atoms with Crippen molar-refractivity contribution >= 4 is 16.2 Å². The van der Waals surface area contributed by atoms with Crippen LogP contribution in [0.25, 0.3) is 0 Å². The maximum Gasteiger partial charge on any atom is 0.335 e. The summed E-state index contributed by atoms with van der Waals surface area (Å²) in [7, 11) is -3.38. The van der Waals surface area contributed by atoms with Crippen LogP contribution in [0.3, 0.4) is 0 Å². The van der Waals surface area contributed by atoms with E-state index in [0.717, 1.165) is 12.0 Å². The van der Waals surface area contributed by atoms with Crippen molar-refractivity contribution in [3.05, 3.63) is 35.4 Å². The average Bonchev–Trinajstić information content (AvgIpc) is 2.24. The molecule has 0 unspecified atom stereocenters. The van der Waals surface area contributed by atoms with Crippen molar-refractivity contribution < 1.29 is 18.3 Å². The molecule has 0 radical (unpaired) electrons. The van der Waals surface area contributed by atoms with Gasteiger partial charge < -0.3 is 5.11 Å². The first-order chi connectivity index (χ1) is 8.49. The van der Waals surface area contributed by atoms with Gasteiger partial charge in [0.15, 0.2) is 0 Å². The summed E-state index contributed by atoms with van der Waals surface area (Å²) in [6.45, 7) is 1.29. The number of aromatic carboxylic acids is 1. The molecule has 1 heterocycles. The Hall–Kier alpha value is -1.44.